The van der Waals surface area contributed by atoms with Crippen molar-refractivity contribution in [1.82, 2.24) is 9.71 Å². The van der Waals surface area contributed by atoms with Crippen LogP contribution in [-0.2, 0) is 14.8 Å². The van der Waals surface area contributed by atoms with Gasteiger partial charge in [0.15, 0.2) is 5.69 Å². The summed E-state index contributed by atoms with van der Waals surface area (Å²) in [4.78, 5) is 3.58. The predicted octanol–water partition coefficient (Wildman–Crippen LogP) is 0.824. The fourth-order valence-electron chi connectivity index (χ4n) is 1.26. The minimum atomic E-state index is -3.74. The number of nitrogens with one attached hydrogen (secondary N) is 1. The topological polar surface area (TPSA) is 92.1 Å². The third kappa shape index (κ3) is 4.79. The predicted molar refractivity (Wildman–Crippen MR) is 69.8 cm³/mol. The highest BCUT2D eigenvalue weighted by atomic mass is 32.2. The van der Waals surface area contributed by atoms with Crippen LogP contribution in [0.1, 0.15) is 12.6 Å². The maximum atomic E-state index is 11.9. The van der Waals surface area contributed by atoms with Crippen molar-refractivity contribution in [2.45, 2.75) is 11.8 Å². The molecule has 0 atom stereocenters. The molecule has 1 aromatic heterocycles. The Balaban J connectivity index is 2.62. The van der Waals surface area contributed by atoms with Gasteiger partial charge in [-0.25, -0.2) is 18.1 Å². The third-order valence-corrected chi connectivity index (χ3v) is 3.55. The normalized spacial score (nSPS) is 10.9. The van der Waals surface area contributed by atoms with E-state index in [1.54, 1.807) is 6.07 Å². The van der Waals surface area contributed by atoms with Crippen LogP contribution in [-0.4, -0.2) is 33.2 Å². The van der Waals surface area contributed by atoms with Crippen LogP contribution in [0.2, 0.25) is 0 Å². The zero-order valence-corrected chi connectivity index (χ0v) is 11.4. The molecule has 6 nitrogen and oxygen atoms in total. The number of pyridine rings is 1. The highest BCUT2D eigenvalue weighted by Gasteiger charge is 2.18. The van der Waals surface area contributed by atoms with Crippen molar-refractivity contribution >= 4 is 10.0 Å². The summed E-state index contributed by atoms with van der Waals surface area (Å²) in [6, 6.07) is 4.55. The summed E-state index contributed by atoms with van der Waals surface area (Å²) in [6.07, 6.45) is 1.37. The lowest BCUT2D eigenvalue weighted by molar-refractivity contribution is 0.162. The first-order chi connectivity index (χ1) is 8.97. The second kappa shape index (κ2) is 6.99. The van der Waals surface area contributed by atoms with E-state index in [9.17, 15) is 8.42 Å². The van der Waals surface area contributed by atoms with Crippen LogP contribution in [0.4, 0.5) is 0 Å². The van der Waals surface area contributed by atoms with Gasteiger partial charge in [-0.05, 0) is 19.1 Å². The first-order valence-electron chi connectivity index (χ1n) is 5.54. The van der Waals surface area contributed by atoms with E-state index in [0.717, 1.165) is 5.57 Å². The van der Waals surface area contributed by atoms with Crippen molar-refractivity contribution in [3.8, 4) is 6.07 Å². The molecule has 0 amide bonds. The van der Waals surface area contributed by atoms with E-state index in [2.05, 4.69) is 16.3 Å². The van der Waals surface area contributed by atoms with Crippen molar-refractivity contribution < 1.29 is 13.2 Å². The van der Waals surface area contributed by atoms with Gasteiger partial charge in [-0.15, -0.1) is 0 Å². The minimum Gasteiger partial charge on any atom is -0.376 e. The number of nitrogens with zero attached hydrogens (tertiary/aromatic N) is 2. The Labute approximate surface area is 112 Å². The first-order valence-corrected chi connectivity index (χ1v) is 7.02. The number of hydrogen-bond donors (Lipinski definition) is 1. The van der Waals surface area contributed by atoms with Gasteiger partial charge in [0.25, 0.3) is 0 Å². The van der Waals surface area contributed by atoms with Gasteiger partial charge in [-0.3, -0.25) is 0 Å². The van der Waals surface area contributed by atoms with E-state index < -0.39 is 10.0 Å². The van der Waals surface area contributed by atoms with E-state index in [-0.39, 0.29) is 23.7 Å². The maximum absolute atomic E-state index is 11.9. The Morgan fingerprint density at radius 2 is 2.37 bits per heavy atom. The van der Waals surface area contributed by atoms with E-state index in [0.29, 0.717) is 6.61 Å². The molecule has 0 saturated carbocycles. The zero-order chi connectivity index (χ0) is 14.3. The Morgan fingerprint density at radius 1 is 1.63 bits per heavy atom. The van der Waals surface area contributed by atoms with Crippen LogP contribution in [0.3, 0.4) is 0 Å². The molecule has 0 aliphatic rings. The molecule has 102 valence electrons. The standard InChI is InChI=1S/C12H15N3O3S/c1-10(2)9-18-7-6-15-19(16,17)12-4-3-5-14-11(12)8-13/h3-5,15H,1,6-7,9H2,2H3. The van der Waals surface area contributed by atoms with Gasteiger partial charge in [-0.2, -0.15) is 5.26 Å². The number of aromatic nitrogens is 1. The fourth-order valence-corrected chi connectivity index (χ4v) is 2.38. The summed E-state index contributed by atoms with van der Waals surface area (Å²) in [7, 11) is -3.74. The van der Waals surface area contributed by atoms with Crippen molar-refractivity contribution in [3.63, 3.8) is 0 Å². The molecule has 0 aliphatic heterocycles. The van der Waals surface area contributed by atoms with Crippen molar-refractivity contribution in [1.29, 1.82) is 5.26 Å². The second-order valence-corrected chi connectivity index (χ2v) is 5.60. The van der Waals surface area contributed by atoms with Crippen LogP contribution >= 0.6 is 0 Å². The molecule has 0 aromatic carbocycles. The lowest BCUT2D eigenvalue weighted by atomic mass is 10.4. The molecule has 0 saturated heterocycles. The lowest BCUT2D eigenvalue weighted by Gasteiger charge is -2.08. The van der Waals surface area contributed by atoms with Crippen LogP contribution < -0.4 is 4.72 Å². The summed E-state index contributed by atoms with van der Waals surface area (Å²) in [5.41, 5.74) is 0.736. The monoisotopic (exact) mass is 281 g/mol. The molecule has 0 radical (unpaired) electrons. The maximum Gasteiger partial charge on any atom is 0.243 e. The quantitative estimate of drug-likeness (QED) is 0.590. The lowest BCUT2D eigenvalue weighted by Crippen LogP contribution is -2.28. The summed E-state index contributed by atoms with van der Waals surface area (Å²) >= 11 is 0. The average Bonchev–Trinajstić information content (AvgIpc) is 2.37. The smallest absolute Gasteiger partial charge is 0.243 e. The summed E-state index contributed by atoms with van der Waals surface area (Å²) in [6.45, 7) is 6.22. The highest BCUT2D eigenvalue weighted by Crippen LogP contribution is 2.11. The number of rotatable bonds is 7. The largest absolute Gasteiger partial charge is 0.376 e. The number of ether oxygens (including phenoxy) is 1. The van der Waals surface area contributed by atoms with E-state index >= 15 is 0 Å². The summed E-state index contributed by atoms with van der Waals surface area (Å²) in [5, 5.41) is 8.81. The van der Waals surface area contributed by atoms with Gasteiger partial charge in [0.05, 0.1) is 13.2 Å². The average molecular weight is 281 g/mol. The molecule has 1 rings (SSSR count). The summed E-state index contributed by atoms with van der Waals surface area (Å²) < 4.78 is 31.4. The summed E-state index contributed by atoms with van der Waals surface area (Å²) in [5.74, 6) is 0. The van der Waals surface area contributed by atoms with Crippen LogP contribution in [0.5, 0.6) is 0 Å². The molecule has 1 heterocycles. The van der Waals surface area contributed by atoms with Crippen LogP contribution in [0.25, 0.3) is 0 Å². The number of hydrogen-bond acceptors (Lipinski definition) is 5. The van der Waals surface area contributed by atoms with E-state index in [1.807, 2.05) is 6.92 Å². The van der Waals surface area contributed by atoms with Gasteiger partial charge in [0.2, 0.25) is 10.0 Å². The molecule has 0 spiro atoms. The molecular formula is C12H15N3O3S. The Morgan fingerprint density at radius 3 is 3.00 bits per heavy atom. The molecule has 19 heavy (non-hydrogen) atoms. The SMILES string of the molecule is C=C(C)COCCNS(=O)(=O)c1cccnc1C#N. The van der Waals surface area contributed by atoms with E-state index in [1.165, 1.54) is 18.3 Å². The van der Waals surface area contributed by atoms with Gasteiger partial charge >= 0.3 is 0 Å². The zero-order valence-electron chi connectivity index (χ0n) is 10.6. The Hall–Kier alpha value is -1.75. The molecular weight excluding hydrogens is 266 g/mol. The van der Waals surface area contributed by atoms with Gasteiger partial charge < -0.3 is 4.74 Å². The minimum absolute atomic E-state index is 0.120. The number of nitriles is 1. The van der Waals surface area contributed by atoms with Crippen molar-refractivity contribution in [2.75, 3.05) is 19.8 Å². The molecule has 0 unspecified atom stereocenters. The Kier molecular flexibility index (Phi) is 5.63. The van der Waals surface area contributed by atoms with Crippen LogP contribution in [0.15, 0.2) is 35.4 Å². The van der Waals surface area contributed by atoms with Crippen molar-refractivity contribution in [3.05, 3.63) is 36.2 Å². The highest BCUT2D eigenvalue weighted by molar-refractivity contribution is 7.89. The second-order valence-electron chi connectivity index (χ2n) is 3.87. The van der Waals surface area contributed by atoms with E-state index in [4.69, 9.17) is 10.00 Å². The molecule has 1 aromatic rings. The van der Waals surface area contributed by atoms with Gasteiger partial charge in [-0.1, -0.05) is 12.2 Å². The van der Waals surface area contributed by atoms with Gasteiger partial charge in [0, 0.05) is 12.7 Å². The molecule has 0 aliphatic carbocycles. The molecule has 0 fully saturated rings. The van der Waals surface area contributed by atoms with Crippen LogP contribution in [0, 0.1) is 11.3 Å². The Bertz CT molecular complexity index is 590. The first kappa shape index (κ1) is 15.3. The van der Waals surface area contributed by atoms with Crippen molar-refractivity contribution in [2.24, 2.45) is 0 Å². The third-order valence-electron chi connectivity index (χ3n) is 2.05. The molecule has 1 N–H and O–H groups in total. The van der Waals surface area contributed by atoms with Gasteiger partial charge in [0.1, 0.15) is 11.0 Å². The molecule has 7 heteroatoms. The fraction of sp³-hybridized carbons (Fsp3) is 0.333. The number of sulfonamides is 1. The molecule has 0 bridgehead atoms.